The predicted octanol–water partition coefficient (Wildman–Crippen LogP) is -0.500. The molecule has 0 aliphatic carbocycles. The van der Waals surface area contributed by atoms with Gasteiger partial charge in [0.2, 0.25) is 5.91 Å². The molecule has 0 saturated carbocycles. The number of amides is 1. The highest BCUT2D eigenvalue weighted by molar-refractivity contribution is 14.0. The Hall–Kier alpha value is -0.650. The molecular weight excluding hydrogens is 413 g/mol. The molecule has 9 heteroatoms. The maximum Gasteiger partial charge on any atom is 0.239 e. The lowest BCUT2D eigenvalue weighted by Crippen LogP contribution is -2.45. The molecule has 0 aliphatic rings. The molecule has 0 aromatic heterocycles. The molecule has 0 bridgehead atoms. The SMILES string of the molecule is CN=C(NCCN(C)CCCOC)NCC(=O)NCCOC.I. The topological polar surface area (TPSA) is 87.2 Å². The van der Waals surface area contributed by atoms with Crippen molar-refractivity contribution < 1.29 is 14.3 Å². The van der Waals surface area contributed by atoms with E-state index in [1.165, 1.54) is 0 Å². The first kappa shape index (κ1) is 24.6. The number of carbonyl (C=O) groups excluding carboxylic acids is 1. The van der Waals surface area contributed by atoms with Crippen LogP contribution in [0.15, 0.2) is 4.99 Å². The monoisotopic (exact) mass is 445 g/mol. The van der Waals surface area contributed by atoms with Crippen molar-refractivity contribution in [1.82, 2.24) is 20.9 Å². The Morgan fingerprint density at radius 3 is 2.35 bits per heavy atom. The van der Waals surface area contributed by atoms with E-state index in [0.717, 1.165) is 32.7 Å². The number of nitrogens with one attached hydrogen (secondary N) is 3. The van der Waals surface area contributed by atoms with Crippen LogP contribution in [0, 0.1) is 0 Å². The molecule has 8 nitrogen and oxygen atoms in total. The minimum atomic E-state index is -0.0864. The molecule has 0 fully saturated rings. The largest absolute Gasteiger partial charge is 0.385 e. The van der Waals surface area contributed by atoms with Gasteiger partial charge in [0.25, 0.3) is 0 Å². The molecule has 0 spiro atoms. The normalized spacial score (nSPS) is 11.1. The van der Waals surface area contributed by atoms with Crippen LogP contribution in [0.4, 0.5) is 0 Å². The van der Waals surface area contributed by atoms with E-state index in [1.807, 2.05) is 0 Å². The summed E-state index contributed by atoms with van der Waals surface area (Å²) >= 11 is 0. The Labute approximate surface area is 156 Å². The van der Waals surface area contributed by atoms with E-state index in [9.17, 15) is 4.79 Å². The van der Waals surface area contributed by atoms with Crippen molar-refractivity contribution in [2.75, 3.05) is 74.3 Å². The molecular formula is C14H32IN5O3. The third-order valence-electron chi connectivity index (χ3n) is 2.94. The minimum Gasteiger partial charge on any atom is -0.385 e. The van der Waals surface area contributed by atoms with Gasteiger partial charge in [-0.05, 0) is 13.5 Å². The minimum absolute atomic E-state index is 0. The van der Waals surface area contributed by atoms with Crippen LogP contribution >= 0.6 is 24.0 Å². The fourth-order valence-electron chi connectivity index (χ4n) is 1.70. The van der Waals surface area contributed by atoms with Crippen molar-refractivity contribution >= 4 is 35.8 Å². The van der Waals surface area contributed by atoms with Gasteiger partial charge in [0.15, 0.2) is 5.96 Å². The number of guanidine groups is 1. The average Bonchev–Trinajstić information content (AvgIpc) is 2.51. The zero-order valence-electron chi connectivity index (χ0n) is 14.7. The molecule has 0 heterocycles. The summed E-state index contributed by atoms with van der Waals surface area (Å²) in [6, 6.07) is 0. The highest BCUT2D eigenvalue weighted by atomic mass is 127. The fourth-order valence-corrected chi connectivity index (χ4v) is 1.70. The standard InChI is InChI=1S/C14H31N5O3.HI/c1-15-14(18-12-13(20)16-7-11-22-4)17-6-9-19(2)8-5-10-21-3;/h5-12H2,1-4H3,(H,16,20)(H2,15,17,18);1H. The molecule has 3 N–H and O–H groups in total. The van der Waals surface area contributed by atoms with Crippen LogP contribution in [-0.2, 0) is 14.3 Å². The van der Waals surface area contributed by atoms with E-state index in [1.54, 1.807) is 21.3 Å². The molecule has 0 radical (unpaired) electrons. The van der Waals surface area contributed by atoms with Crippen LogP contribution in [0.1, 0.15) is 6.42 Å². The molecule has 0 aromatic carbocycles. The van der Waals surface area contributed by atoms with Gasteiger partial charge in [-0.1, -0.05) is 0 Å². The van der Waals surface area contributed by atoms with Gasteiger partial charge >= 0.3 is 0 Å². The first-order valence-electron chi connectivity index (χ1n) is 7.51. The number of carbonyl (C=O) groups is 1. The lowest BCUT2D eigenvalue weighted by atomic mass is 10.4. The van der Waals surface area contributed by atoms with Crippen LogP contribution < -0.4 is 16.0 Å². The first-order valence-corrected chi connectivity index (χ1v) is 7.51. The Morgan fingerprint density at radius 1 is 1.04 bits per heavy atom. The molecule has 0 rings (SSSR count). The highest BCUT2D eigenvalue weighted by Crippen LogP contribution is 1.86. The van der Waals surface area contributed by atoms with Crippen molar-refractivity contribution in [1.29, 1.82) is 0 Å². The van der Waals surface area contributed by atoms with Gasteiger partial charge in [-0.2, -0.15) is 0 Å². The van der Waals surface area contributed by atoms with Crippen molar-refractivity contribution in [3.63, 3.8) is 0 Å². The Kier molecular flexibility index (Phi) is 18.9. The van der Waals surface area contributed by atoms with Crippen LogP contribution in [0.25, 0.3) is 0 Å². The lowest BCUT2D eigenvalue weighted by Gasteiger charge is -2.18. The zero-order chi connectivity index (χ0) is 16.6. The molecule has 1 amide bonds. The Bertz CT molecular complexity index is 319. The van der Waals surface area contributed by atoms with Crippen molar-refractivity contribution in [3.05, 3.63) is 0 Å². The summed E-state index contributed by atoms with van der Waals surface area (Å²) in [4.78, 5) is 17.8. The number of nitrogens with zero attached hydrogens (tertiary/aromatic N) is 2. The summed E-state index contributed by atoms with van der Waals surface area (Å²) < 4.78 is 9.89. The second-order valence-electron chi connectivity index (χ2n) is 4.84. The van der Waals surface area contributed by atoms with E-state index in [2.05, 4.69) is 32.9 Å². The molecule has 0 aliphatic heterocycles. The Morgan fingerprint density at radius 2 is 1.74 bits per heavy atom. The second-order valence-corrected chi connectivity index (χ2v) is 4.84. The van der Waals surface area contributed by atoms with Crippen LogP contribution in [0.3, 0.4) is 0 Å². The van der Waals surface area contributed by atoms with Gasteiger partial charge in [0.1, 0.15) is 0 Å². The van der Waals surface area contributed by atoms with Crippen LogP contribution in [0.5, 0.6) is 0 Å². The number of rotatable bonds is 12. The summed E-state index contributed by atoms with van der Waals surface area (Å²) in [6.45, 7) is 4.62. The van der Waals surface area contributed by atoms with Gasteiger partial charge in [0.05, 0.1) is 13.2 Å². The molecule has 138 valence electrons. The quantitative estimate of drug-likeness (QED) is 0.163. The van der Waals surface area contributed by atoms with Gasteiger partial charge < -0.3 is 30.3 Å². The number of ether oxygens (including phenoxy) is 2. The summed E-state index contributed by atoms with van der Waals surface area (Å²) in [7, 11) is 7.06. The lowest BCUT2D eigenvalue weighted by molar-refractivity contribution is -0.120. The fraction of sp³-hybridized carbons (Fsp3) is 0.857. The number of halogens is 1. The summed E-state index contributed by atoms with van der Waals surface area (Å²) in [5.41, 5.74) is 0. The number of likely N-dealkylation sites (N-methyl/N-ethyl adjacent to an activating group) is 1. The first-order chi connectivity index (χ1) is 10.6. The van der Waals surface area contributed by atoms with E-state index >= 15 is 0 Å². The summed E-state index contributed by atoms with van der Waals surface area (Å²) in [5, 5.41) is 8.88. The van der Waals surface area contributed by atoms with E-state index < -0.39 is 0 Å². The van der Waals surface area contributed by atoms with Gasteiger partial charge in [-0.15, -0.1) is 24.0 Å². The van der Waals surface area contributed by atoms with E-state index in [0.29, 0.717) is 19.1 Å². The van der Waals surface area contributed by atoms with Crippen molar-refractivity contribution in [3.8, 4) is 0 Å². The van der Waals surface area contributed by atoms with Crippen LogP contribution in [-0.4, -0.2) is 91.0 Å². The summed E-state index contributed by atoms with van der Waals surface area (Å²) in [5.74, 6) is 0.531. The Balaban J connectivity index is 0. The van der Waals surface area contributed by atoms with Gasteiger partial charge in [-0.3, -0.25) is 9.79 Å². The number of hydrogen-bond acceptors (Lipinski definition) is 5. The van der Waals surface area contributed by atoms with E-state index in [-0.39, 0.29) is 36.4 Å². The molecule has 0 unspecified atom stereocenters. The zero-order valence-corrected chi connectivity index (χ0v) is 17.0. The molecule has 0 atom stereocenters. The van der Waals surface area contributed by atoms with Gasteiger partial charge in [-0.25, -0.2) is 0 Å². The highest BCUT2D eigenvalue weighted by Gasteiger charge is 2.03. The van der Waals surface area contributed by atoms with Crippen molar-refractivity contribution in [2.45, 2.75) is 6.42 Å². The molecule has 0 aromatic rings. The maximum absolute atomic E-state index is 11.5. The molecule has 0 saturated heterocycles. The van der Waals surface area contributed by atoms with E-state index in [4.69, 9.17) is 9.47 Å². The van der Waals surface area contributed by atoms with Crippen molar-refractivity contribution in [2.24, 2.45) is 4.99 Å². The third-order valence-corrected chi connectivity index (χ3v) is 2.94. The maximum atomic E-state index is 11.5. The smallest absolute Gasteiger partial charge is 0.239 e. The number of hydrogen-bond donors (Lipinski definition) is 3. The number of aliphatic imine (C=N–C) groups is 1. The third kappa shape index (κ3) is 16.0. The molecule has 23 heavy (non-hydrogen) atoms. The second kappa shape index (κ2) is 17.7. The average molecular weight is 445 g/mol. The summed E-state index contributed by atoms with van der Waals surface area (Å²) in [6.07, 6.45) is 1.02. The van der Waals surface area contributed by atoms with Gasteiger partial charge in [0, 0.05) is 54.1 Å². The predicted molar refractivity (Wildman–Crippen MR) is 104 cm³/mol. The van der Waals surface area contributed by atoms with Crippen LogP contribution in [0.2, 0.25) is 0 Å². The number of methoxy groups -OCH3 is 2.